The Balaban J connectivity index is 2.28. The van der Waals surface area contributed by atoms with Gasteiger partial charge in [-0.25, -0.2) is 9.89 Å². The van der Waals surface area contributed by atoms with Gasteiger partial charge in [0, 0.05) is 11.6 Å². The van der Waals surface area contributed by atoms with E-state index in [0.29, 0.717) is 28.5 Å². The zero-order valence-electron chi connectivity index (χ0n) is 13.2. The van der Waals surface area contributed by atoms with Crippen LogP contribution in [-0.2, 0) is 0 Å². The maximum atomic E-state index is 11.2. The first-order valence-electron chi connectivity index (χ1n) is 6.61. The molecule has 0 unspecified atom stereocenters. The molecule has 0 bridgehead atoms. The van der Waals surface area contributed by atoms with Crippen molar-refractivity contribution < 1.29 is 14.2 Å². The molecule has 0 amide bonds. The Morgan fingerprint density at radius 2 is 1.78 bits per heavy atom. The van der Waals surface area contributed by atoms with E-state index in [2.05, 4.69) is 25.7 Å². The largest absolute Gasteiger partial charge is 0.496 e. The van der Waals surface area contributed by atoms with E-state index < -0.39 is 5.69 Å². The molecule has 1 aromatic carbocycles. The van der Waals surface area contributed by atoms with Crippen LogP contribution in [-0.4, -0.2) is 42.7 Å². The minimum Gasteiger partial charge on any atom is -0.496 e. The number of rotatable bonds is 6. The molecule has 1 aromatic heterocycles. The number of nitrogens with one attached hydrogen (secondary N) is 2. The van der Waals surface area contributed by atoms with Gasteiger partial charge in [0.25, 0.3) is 0 Å². The number of anilines is 1. The molecule has 2 aromatic rings. The van der Waals surface area contributed by atoms with Crippen molar-refractivity contribution in [2.45, 2.75) is 6.92 Å². The number of benzene rings is 1. The second-order valence-corrected chi connectivity index (χ2v) is 4.39. The number of H-pyrrole nitrogens is 1. The minimum atomic E-state index is -0.558. The smallest absolute Gasteiger partial charge is 0.363 e. The minimum absolute atomic E-state index is 0.268. The third kappa shape index (κ3) is 3.76. The summed E-state index contributed by atoms with van der Waals surface area (Å²) in [5.41, 5.74) is 3.28. The van der Waals surface area contributed by atoms with Gasteiger partial charge < -0.3 is 14.2 Å². The SMILES string of the molecule is COc1cc(OC)c(OC)cc1C=NNc1nc(=O)[nH]nc1C. The van der Waals surface area contributed by atoms with Crippen LogP contribution in [0.25, 0.3) is 0 Å². The molecular weight excluding hydrogens is 302 g/mol. The number of hydrogen-bond acceptors (Lipinski definition) is 8. The summed E-state index contributed by atoms with van der Waals surface area (Å²) < 4.78 is 15.8. The highest BCUT2D eigenvalue weighted by molar-refractivity contribution is 5.85. The van der Waals surface area contributed by atoms with Gasteiger partial charge in [-0.05, 0) is 13.0 Å². The first-order chi connectivity index (χ1) is 11.1. The van der Waals surface area contributed by atoms with Crippen LogP contribution in [0.1, 0.15) is 11.3 Å². The number of hydrazone groups is 1. The zero-order chi connectivity index (χ0) is 16.8. The predicted molar refractivity (Wildman–Crippen MR) is 84.7 cm³/mol. The third-order valence-corrected chi connectivity index (χ3v) is 2.99. The molecule has 2 N–H and O–H groups in total. The highest BCUT2D eigenvalue weighted by Gasteiger charge is 2.10. The van der Waals surface area contributed by atoms with Crippen molar-refractivity contribution >= 4 is 12.0 Å². The summed E-state index contributed by atoms with van der Waals surface area (Å²) in [5.74, 6) is 1.92. The summed E-state index contributed by atoms with van der Waals surface area (Å²) in [6, 6.07) is 3.41. The second-order valence-electron chi connectivity index (χ2n) is 4.39. The molecule has 2 rings (SSSR count). The molecule has 122 valence electrons. The standard InChI is InChI=1S/C14H17N5O4/c1-8-13(16-14(20)19-17-8)18-15-7-9-5-11(22-3)12(23-4)6-10(9)21-2/h5-7H,1-4H3,(H2,16,18,19,20). The Kier molecular flexibility index (Phi) is 5.13. The lowest BCUT2D eigenvalue weighted by atomic mass is 10.2. The van der Waals surface area contributed by atoms with E-state index in [9.17, 15) is 4.79 Å². The third-order valence-electron chi connectivity index (χ3n) is 2.99. The Bertz CT molecular complexity index is 772. The fraction of sp³-hybridized carbons (Fsp3) is 0.286. The highest BCUT2D eigenvalue weighted by atomic mass is 16.5. The van der Waals surface area contributed by atoms with Crippen molar-refractivity contribution in [1.82, 2.24) is 15.2 Å². The molecule has 0 radical (unpaired) electrons. The Labute approximate surface area is 132 Å². The van der Waals surface area contributed by atoms with Crippen molar-refractivity contribution in [3.63, 3.8) is 0 Å². The fourth-order valence-corrected chi connectivity index (χ4v) is 1.81. The predicted octanol–water partition coefficient (Wildman–Crippen LogP) is 0.945. The Morgan fingerprint density at radius 1 is 1.13 bits per heavy atom. The molecule has 23 heavy (non-hydrogen) atoms. The van der Waals surface area contributed by atoms with Crippen molar-refractivity contribution in [2.24, 2.45) is 5.10 Å². The van der Waals surface area contributed by atoms with Gasteiger partial charge in [-0.15, -0.1) is 0 Å². The number of ether oxygens (including phenoxy) is 3. The fourth-order valence-electron chi connectivity index (χ4n) is 1.81. The quantitative estimate of drug-likeness (QED) is 0.602. The number of aromatic nitrogens is 3. The molecule has 0 atom stereocenters. The number of nitrogens with zero attached hydrogens (tertiary/aromatic N) is 3. The first-order valence-corrected chi connectivity index (χ1v) is 6.61. The van der Waals surface area contributed by atoms with E-state index in [1.807, 2.05) is 0 Å². The summed E-state index contributed by atoms with van der Waals surface area (Å²) in [4.78, 5) is 14.9. The number of hydrogen-bond donors (Lipinski definition) is 2. The van der Waals surface area contributed by atoms with E-state index in [1.165, 1.54) is 6.21 Å². The van der Waals surface area contributed by atoms with Crippen LogP contribution in [0, 0.1) is 6.92 Å². The van der Waals surface area contributed by atoms with Crippen LogP contribution in [0.3, 0.4) is 0 Å². The van der Waals surface area contributed by atoms with Crippen LogP contribution >= 0.6 is 0 Å². The summed E-state index contributed by atoms with van der Waals surface area (Å²) in [6.45, 7) is 1.69. The van der Waals surface area contributed by atoms with Crippen LogP contribution in [0.15, 0.2) is 22.0 Å². The zero-order valence-corrected chi connectivity index (χ0v) is 13.2. The van der Waals surface area contributed by atoms with Gasteiger partial charge in [0.1, 0.15) is 11.4 Å². The normalized spacial score (nSPS) is 10.6. The van der Waals surface area contributed by atoms with Gasteiger partial charge in [0.05, 0.1) is 27.5 Å². The van der Waals surface area contributed by atoms with E-state index >= 15 is 0 Å². The average Bonchev–Trinajstić information content (AvgIpc) is 2.57. The molecular formula is C14H17N5O4. The molecule has 0 aliphatic heterocycles. The summed E-state index contributed by atoms with van der Waals surface area (Å²) in [5, 5.41) is 10.1. The van der Waals surface area contributed by atoms with Gasteiger partial charge in [-0.1, -0.05) is 0 Å². The van der Waals surface area contributed by atoms with Gasteiger partial charge in [0.15, 0.2) is 17.3 Å². The number of methoxy groups -OCH3 is 3. The van der Waals surface area contributed by atoms with Crippen molar-refractivity contribution in [3.05, 3.63) is 33.9 Å². The summed E-state index contributed by atoms with van der Waals surface area (Å²) in [7, 11) is 4.62. The molecule has 0 saturated carbocycles. The summed E-state index contributed by atoms with van der Waals surface area (Å²) in [6.07, 6.45) is 1.52. The van der Waals surface area contributed by atoms with E-state index in [-0.39, 0.29) is 5.82 Å². The first kappa shape index (κ1) is 16.3. The maximum Gasteiger partial charge on any atom is 0.363 e. The van der Waals surface area contributed by atoms with Crippen molar-refractivity contribution in [3.8, 4) is 17.2 Å². The van der Waals surface area contributed by atoms with Gasteiger partial charge in [-0.3, -0.25) is 5.43 Å². The van der Waals surface area contributed by atoms with Crippen molar-refractivity contribution in [1.29, 1.82) is 0 Å². The Morgan fingerprint density at radius 3 is 2.43 bits per heavy atom. The molecule has 0 aliphatic carbocycles. The van der Waals surface area contributed by atoms with Gasteiger partial charge in [0.2, 0.25) is 0 Å². The molecule has 0 spiro atoms. The molecule has 9 nitrogen and oxygen atoms in total. The van der Waals surface area contributed by atoms with E-state index in [4.69, 9.17) is 14.2 Å². The number of aryl methyl sites for hydroxylation is 1. The average molecular weight is 319 g/mol. The highest BCUT2D eigenvalue weighted by Crippen LogP contribution is 2.33. The van der Waals surface area contributed by atoms with Crippen LogP contribution in [0.5, 0.6) is 17.2 Å². The molecule has 9 heteroatoms. The molecule has 0 saturated heterocycles. The number of aromatic amines is 1. The van der Waals surface area contributed by atoms with Gasteiger partial charge in [-0.2, -0.15) is 15.2 Å². The molecule has 0 aliphatic rings. The van der Waals surface area contributed by atoms with Crippen LogP contribution < -0.4 is 25.3 Å². The lowest BCUT2D eigenvalue weighted by molar-refractivity contribution is 0.349. The second kappa shape index (κ2) is 7.25. The van der Waals surface area contributed by atoms with Crippen molar-refractivity contribution in [2.75, 3.05) is 26.8 Å². The van der Waals surface area contributed by atoms with E-state index in [0.717, 1.165) is 0 Å². The van der Waals surface area contributed by atoms with Crippen LogP contribution in [0.2, 0.25) is 0 Å². The van der Waals surface area contributed by atoms with E-state index in [1.54, 1.807) is 40.4 Å². The van der Waals surface area contributed by atoms with Gasteiger partial charge >= 0.3 is 5.69 Å². The Hall–Kier alpha value is -3.10. The topological polar surface area (TPSA) is 111 Å². The maximum absolute atomic E-state index is 11.2. The lowest BCUT2D eigenvalue weighted by Crippen LogP contribution is -2.15. The lowest BCUT2D eigenvalue weighted by Gasteiger charge is -2.11. The molecule has 1 heterocycles. The summed E-state index contributed by atoms with van der Waals surface area (Å²) >= 11 is 0. The molecule has 0 fully saturated rings. The van der Waals surface area contributed by atoms with Crippen LogP contribution in [0.4, 0.5) is 5.82 Å². The monoisotopic (exact) mass is 319 g/mol.